The van der Waals surface area contributed by atoms with Gasteiger partial charge in [-0.05, 0) is 84.6 Å². The first-order valence-corrected chi connectivity index (χ1v) is 14.3. The molecule has 0 aromatic heterocycles. The van der Waals surface area contributed by atoms with Gasteiger partial charge in [0.2, 0.25) is 0 Å². The predicted octanol–water partition coefficient (Wildman–Crippen LogP) is 4.11. The molecular formula is C16H42F6N7P3. The molecular weight excluding hydrogens is 497 g/mol. The fourth-order valence-electron chi connectivity index (χ4n) is 5.53. The Kier molecular flexibility index (Phi) is 9.26. The van der Waals surface area contributed by atoms with E-state index in [9.17, 15) is 25.2 Å². The zero-order chi connectivity index (χ0) is 26.4. The molecule has 16 heteroatoms. The van der Waals surface area contributed by atoms with Crippen LogP contribution in [0.1, 0.15) is 0 Å². The molecule has 32 heavy (non-hydrogen) atoms. The van der Waals surface area contributed by atoms with Gasteiger partial charge in [0, 0.05) is 6.16 Å². The molecule has 0 N–H and O–H groups in total. The van der Waals surface area contributed by atoms with Crippen molar-refractivity contribution in [3.8, 4) is 0 Å². The van der Waals surface area contributed by atoms with Crippen LogP contribution in [0.2, 0.25) is 0 Å². The van der Waals surface area contributed by atoms with Gasteiger partial charge in [0.15, 0.2) is 5.40 Å². The summed E-state index contributed by atoms with van der Waals surface area (Å²) in [6.07, 6.45) is 1.06. The Labute approximate surface area is 191 Å². The standard InChI is InChI=1S/C16H41N7P2.F6P/c1-18(2)14-13-25(17-24,23(11)12)16(21(7)8,22(9)10)15(14,19(3)4)20(5)6;1-7(2,3,4,5)6/h14H,13,24H2,1-12H3;/q;-1/p+1. The third-order valence-electron chi connectivity index (χ3n) is 6.02. The maximum atomic E-state index is 9.87. The van der Waals surface area contributed by atoms with Crippen LogP contribution < -0.4 is 0 Å². The molecule has 0 bridgehead atoms. The van der Waals surface area contributed by atoms with Crippen LogP contribution in [0.4, 0.5) is 25.2 Å². The number of hydrogen-bond acceptors (Lipinski definition) is 6. The maximum absolute atomic E-state index is 10.7. The van der Waals surface area contributed by atoms with Gasteiger partial charge in [0.1, 0.15) is 12.9 Å². The topological polar surface area (TPSA) is 31.8 Å². The van der Waals surface area contributed by atoms with Crippen molar-refractivity contribution in [3.63, 3.8) is 0 Å². The van der Waals surface area contributed by atoms with Crippen molar-refractivity contribution in [2.45, 2.75) is 17.1 Å². The van der Waals surface area contributed by atoms with Gasteiger partial charge < -0.3 is 4.90 Å². The van der Waals surface area contributed by atoms with Gasteiger partial charge in [-0.3, -0.25) is 24.3 Å². The first-order chi connectivity index (χ1) is 13.8. The molecule has 3 unspecified atom stereocenters. The minimum atomic E-state index is -10.7. The summed E-state index contributed by atoms with van der Waals surface area (Å²) in [5.41, 5.74) is -0.231. The van der Waals surface area contributed by atoms with E-state index in [4.69, 9.17) is 4.52 Å². The van der Waals surface area contributed by atoms with Gasteiger partial charge in [-0.25, -0.2) is 0 Å². The van der Waals surface area contributed by atoms with Crippen LogP contribution in [0.3, 0.4) is 0 Å². The number of rotatable bonds is 6. The Bertz CT molecular complexity index is 681. The molecule has 0 radical (unpaired) electrons. The third-order valence-corrected chi connectivity index (χ3v) is 12.2. The molecule has 1 heterocycles. The van der Waals surface area contributed by atoms with E-state index in [1.54, 1.807) is 9.39 Å². The molecule has 198 valence electrons. The second-order valence-electron chi connectivity index (χ2n) is 9.28. The summed E-state index contributed by atoms with van der Waals surface area (Å²) in [5, 5.41) is -0.257. The van der Waals surface area contributed by atoms with Gasteiger partial charge in [-0.15, -0.1) is 4.52 Å². The molecule has 7 nitrogen and oxygen atoms in total. The van der Waals surface area contributed by atoms with Crippen LogP contribution in [0.25, 0.3) is 0 Å². The Morgan fingerprint density at radius 1 is 0.719 bits per heavy atom. The SMILES string of the molecule is CN(C)C1CP(=N[PH3+])(N(C)C)C(N(C)C)(N(C)C)C1(N(C)C)N(C)C.F[P-](F)(F)(F)(F)F. The quantitative estimate of drug-likeness (QED) is 0.287. The van der Waals surface area contributed by atoms with Gasteiger partial charge in [-0.2, -0.15) is 0 Å². The monoisotopic (exact) mass is 539 g/mol. The Morgan fingerprint density at radius 2 is 1.03 bits per heavy atom. The zero-order valence-electron chi connectivity index (χ0n) is 21.3. The normalized spacial score (nSPS) is 27.8. The van der Waals surface area contributed by atoms with E-state index in [1.165, 1.54) is 0 Å². The summed E-state index contributed by atoms with van der Waals surface area (Å²) in [5.74, 6) is 0. The second kappa shape index (κ2) is 9.14. The predicted molar refractivity (Wildman–Crippen MR) is 130 cm³/mol. The van der Waals surface area contributed by atoms with Crippen LogP contribution in [0.15, 0.2) is 4.52 Å². The molecule has 3 atom stereocenters. The fraction of sp³-hybridized carbons (Fsp3) is 1.00. The Balaban J connectivity index is 0.00000118. The van der Waals surface area contributed by atoms with E-state index < -0.39 is 15.0 Å². The molecule has 1 aliphatic heterocycles. The fourth-order valence-corrected chi connectivity index (χ4v) is 12.3. The Morgan fingerprint density at radius 3 is 1.19 bits per heavy atom. The van der Waals surface area contributed by atoms with Gasteiger partial charge in [-0.1, -0.05) is 0 Å². The number of likely N-dealkylation sites (N-methyl/N-ethyl adjacent to an activating group) is 5. The van der Waals surface area contributed by atoms with Crippen LogP contribution in [0, 0.1) is 0 Å². The van der Waals surface area contributed by atoms with E-state index in [-0.39, 0.29) is 11.1 Å². The molecule has 1 aliphatic rings. The van der Waals surface area contributed by atoms with E-state index in [1.807, 2.05) is 0 Å². The van der Waals surface area contributed by atoms with Gasteiger partial charge in [0.25, 0.3) is 0 Å². The van der Waals surface area contributed by atoms with Gasteiger partial charge in [0.05, 0.1) is 15.4 Å². The first-order valence-electron chi connectivity index (χ1n) is 9.74. The van der Waals surface area contributed by atoms with Crippen molar-refractivity contribution >= 4 is 24.4 Å². The molecule has 0 saturated carbocycles. The van der Waals surface area contributed by atoms with Crippen molar-refractivity contribution in [2.75, 3.05) is 90.7 Å². The summed E-state index contributed by atoms with van der Waals surface area (Å²) in [6.45, 7) is 0. The number of nitrogens with zero attached hydrogens (tertiary/aromatic N) is 7. The molecule has 0 aromatic rings. The number of halogens is 6. The van der Waals surface area contributed by atoms with Crippen LogP contribution >= 0.6 is 24.4 Å². The van der Waals surface area contributed by atoms with E-state index in [2.05, 4.69) is 114 Å². The van der Waals surface area contributed by atoms with Crippen molar-refractivity contribution in [2.24, 2.45) is 4.52 Å². The van der Waals surface area contributed by atoms with Crippen molar-refractivity contribution in [1.82, 2.24) is 29.2 Å². The average Bonchev–Trinajstić information content (AvgIpc) is 2.81. The average molecular weight is 539 g/mol. The molecule has 1 saturated heterocycles. The van der Waals surface area contributed by atoms with Crippen molar-refractivity contribution < 1.29 is 25.2 Å². The van der Waals surface area contributed by atoms with Gasteiger partial charge >= 0.3 is 33.0 Å². The summed E-state index contributed by atoms with van der Waals surface area (Å²) < 4.78 is 66.8. The van der Waals surface area contributed by atoms with Crippen molar-refractivity contribution in [3.05, 3.63) is 0 Å². The second-order valence-corrected chi connectivity index (χ2v) is 15.6. The minimum absolute atomic E-state index is 0.231. The summed E-state index contributed by atoms with van der Waals surface area (Å²) in [6, 6.07) is 0.339. The van der Waals surface area contributed by atoms with E-state index in [0.717, 1.165) is 6.16 Å². The van der Waals surface area contributed by atoms with E-state index >= 15 is 0 Å². The van der Waals surface area contributed by atoms with Crippen molar-refractivity contribution in [1.29, 1.82) is 0 Å². The van der Waals surface area contributed by atoms with Crippen LogP contribution in [-0.4, -0.2) is 137 Å². The molecule has 1 fully saturated rings. The summed E-state index contributed by atoms with van der Waals surface area (Å²) >= 11 is 0. The molecule has 0 aliphatic carbocycles. The molecule has 0 amide bonds. The summed E-state index contributed by atoms with van der Waals surface area (Å²) in [4.78, 5) is 12.1. The molecule has 0 aromatic carbocycles. The van der Waals surface area contributed by atoms with Crippen LogP contribution in [0.5, 0.6) is 0 Å². The van der Waals surface area contributed by atoms with E-state index in [0.29, 0.717) is 6.04 Å². The van der Waals surface area contributed by atoms with Crippen LogP contribution in [-0.2, 0) is 0 Å². The first kappa shape index (κ1) is 32.4. The molecule has 1 rings (SSSR count). The zero-order valence-corrected chi connectivity index (χ0v) is 24.5. The molecule has 0 spiro atoms. The summed E-state index contributed by atoms with van der Waals surface area (Å²) in [7, 11) is 15.8. The third kappa shape index (κ3) is 5.97. The number of hydrogen-bond donors (Lipinski definition) is 0. The Hall–Kier alpha value is 0.430.